The average Bonchev–Trinajstić information content (AvgIpc) is 3.14. The van der Waals surface area contributed by atoms with Crippen molar-refractivity contribution in [3.05, 3.63) is 65.1 Å². The van der Waals surface area contributed by atoms with Gasteiger partial charge in [-0.1, -0.05) is 18.2 Å². The fourth-order valence-corrected chi connectivity index (χ4v) is 3.49. The molecule has 118 valence electrons. The number of aromatic nitrogens is 2. The number of amidine groups is 1. The normalized spacial score (nSPS) is 15.2. The number of aliphatic hydroxyl groups is 1. The van der Waals surface area contributed by atoms with Crippen molar-refractivity contribution in [3.63, 3.8) is 0 Å². The molecule has 0 atom stereocenters. The first-order valence-corrected chi connectivity index (χ1v) is 8.12. The lowest BCUT2D eigenvalue weighted by Crippen LogP contribution is -2.20. The molecule has 1 aliphatic rings. The van der Waals surface area contributed by atoms with E-state index in [1.807, 2.05) is 36.4 Å². The molecule has 0 unspecified atom stereocenters. The van der Waals surface area contributed by atoms with Gasteiger partial charge in [-0.2, -0.15) is 5.10 Å². The number of benzene rings is 1. The van der Waals surface area contributed by atoms with Crippen LogP contribution in [0.3, 0.4) is 0 Å². The highest BCUT2D eigenvalue weighted by Gasteiger charge is 2.30. The number of hydrazone groups is 1. The standard InChI is InChI=1S/C17H13N5OS/c18-16-15(17-21-12-5-1-2-6-14(12)24-17)13(23)10-22(16)20-9-11-4-3-7-19-8-11/h1-9,18,23H,10H2/b18-16?,20-9-. The molecule has 3 heterocycles. The smallest absolute Gasteiger partial charge is 0.155 e. The summed E-state index contributed by atoms with van der Waals surface area (Å²) in [6, 6.07) is 11.5. The van der Waals surface area contributed by atoms with Gasteiger partial charge in [0, 0.05) is 18.0 Å². The van der Waals surface area contributed by atoms with Gasteiger partial charge in [0.05, 0.1) is 22.0 Å². The molecule has 6 nitrogen and oxygen atoms in total. The Morgan fingerprint density at radius 1 is 1.25 bits per heavy atom. The SMILES string of the molecule is N=C1C(c2nc3ccccc3s2)=C(O)CN1/N=C\c1cccnc1. The molecule has 7 heteroatoms. The molecule has 0 spiro atoms. The molecule has 1 aromatic carbocycles. The number of hydrogen-bond donors (Lipinski definition) is 2. The van der Waals surface area contributed by atoms with E-state index in [0.717, 1.165) is 15.8 Å². The lowest BCUT2D eigenvalue weighted by Gasteiger charge is -2.10. The summed E-state index contributed by atoms with van der Waals surface area (Å²) in [5.74, 6) is 0.258. The minimum Gasteiger partial charge on any atom is -0.509 e. The van der Waals surface area contributed by atoms with Crippen molar-refractivity contribution in [2.45, 2.75) is 0 Å². The number of nitrogens with one attached hydrogen (secondary N) is 1. The first-order valence-electron chi connectivity index (χ1n) is 7.31. The van der Waals surface area contributed by atoms with Crippen molar-refractivity contribution in [1.82, 2.24) is 15.0 Å². The molecule has 3 aromatic rings. The first-order chi connectivity index (χ1) is 11.7. The second kappa shape index (κ2) is 5.86. The van der Waals surface area contributed by atoms with E-state index in [9.17, 15) is 5.11 Å². The van der Waals surface area contributed by atoms with Gasteiger partial charge in [-0.05, 0) is 18.2 Å². The Morgan fingerprint density at radius 3 is 2.92 bits per heavy atom. The number of pyridine rings is 1. The zero-order chi connectivity index (χ0) is 16.5. The van der Waals surface area contributed by atoms with Crippen LogP contribution in [0.2, 0.25) is 0 Å². The van der Waals surface area contributed by atoms with Gasteiger partial charge in [-0.15, -0.1) is 11.3 Å². The maximum absolute atomic E-state index is 10.3. The number of para-hydroxylation sites is 1. The van der Waals surface area contributed by atoms with Crippen molar-refractivity contribution in [2.24, 2.45) is 5.10 Å². The van der Waals surface area contributed by atoms with Gasteiger partial charge in [0.1, 0.15) is 17.3 Å². The van der Waals surface area contributed by atoms with Crippen molar-refractivity contribution in [1.29, 1.82) is 5.41 Å². The Labute approximate surface area is 141 Å². The fourth-order valence-electron chi connectivity index (χ4n) is 2.46. The van der Waals surface area contributed by atoms with E-state index in [2.05, 4.69) is 15.1 Å². The van der Waals surface area contributed by atoms with Crippen LogP contribution in [0.4, 0.5) is 0 Å². The van der Waals surface area contributed by atoms with E-state index in [4.69, 9.17) is 5.41 Å². The second-order valence-corrected chi connectivity index (χ2v) is 6.28. The Hall–Kier alpha value is -3.06. The van der Waals surface area contributed by atoms with Crippen LogP contribution in [0.15, 0.2) is 59.7 Å². The second-order valence-electron chi connectivity index (χ2n) is 5.25. The number of nitrogens with zero attached hydrogens (tertiary/aromatic N) is 4. The van der Waals surface area contributed by atoms with E-state index < -0.39 is 0 Å². The molecule has 0 fully saturated rings. The number of hydrogen-bond acceptors (Lipinski definition) is 6. The van der Waals surface area contributed by atoms with E-state index >= 15 is 0 Å². The summed E-state index contributed by atoms with van der Waals surface area (Å²) in [4.78, 5) is 8.54. The number of thiazole rings is 1. The lowest BCUT2D eigenvalue weighted by molar-refractivity contribution is 0.358. The minimum atomic E-state index is 0.113. The van der Waals surface area contributed by atoms with Crippen LogP contribution < -0.4 is 0 Å². The van der Waals surface area contributed by atoms with Crippen LogP contribution >= 0.6 is 11.3 Å². The van der Waals surface area contributed by atoms with Crippen LogP contribution in [0.1, 0.15) is 10.6 Å². The maximum Gasteiger partial charge on any atom is 0.155 e. The molecule has 1 aliphatic heterocycles. The van der Waals surface area contributed by atoms with Crippen LogP contribution in [-0.2, 0) is 0 Å². The highest BCUT2D eigenvalue weighted by Crippen LogP contribution is 2.33. The highest BCUT2D eigenvalue weighted by atomic mass is 32.1. The third-order valence-electron chi connectivity index (χ3n) is 3.62. The van der Waals surface area contributed by atoms with Gasteiger partial charge >= 0.3 is 0 Å². The molecule has 0 saturated heterocycles. The molecule has 0 radical (unpaired) electrons. The van der Waals surface area contributed by atoms with Crippen molar-refractivity contribution < 1.29 is 5.11 Å². The van der Waals surface area contributed by atoms with Crippen LogP contribution in [0.5, 0.6) is 0 Å². The summed E-state index contributed by atoms with van der Waals surface area (Å²) in [7, 11) is 0. The van der Waals surface area contributed by atoms with Crippen molar-refractivity contribution >= 4 is 39.2 Å². The summed E-state index contributed by atoms with van der Waals surface area (Å²) in [5.41, 5.74) is 2.14. The molecule has 0 saturated carbocycles. The first kappa shape index (κ1) is 14.5. The van der Waals surface area contributed by atoms with Crippen molar-refractivity contribution in [3.8, 4) is 0 Å². The Balaban J connectivity index is 1.62. The molecule has 2 aromatic heterocycles. The van der Waals surface area contributed by atoms with E-state index in [-0.39, 0.29) is 18.1 Å². The summed E-state index contributed by atoms with van der Waals surface area (Å²) in [6.45, 7) is 0.168. The van der Waals surface area contributed by atoms with Gasteiger partial charge in [-0.3, -0.25) is 10.4 Å². The van der Waals surface area contributed by atoms with Gasteiger partial charge in [0.2, 0.25) is 0 Å². The number of rotatable bonds is 3. The summed E-state index contributed by atoms with van der Waals surface area (Å²) < 4.78 is 1.03. The van der Waals surface area contributed by atoms with Crippen LogP contribution in [0, 0.1) is 5.41 Å². The third kappa shape index (κ3) is 2.55. The molecular formula is C17H13N5OS. The van der Waals surface area contributed by atoms with Crippen LogP contribution in [-0.4, -0.2) is 38.7 Å². The molecule has 4 rings (SSSR count). The van der Waals surface area contributed by atoms with E-state index in [1.165, 1.54) is 16.3 Å². The molecule has 0 amide bonds. The van der Waals surface area contributed by atoms with Gasteiger partial charge in [0.25, 0.3) is 0 Å². The fraction of sp³-hybridized carbons (Fsp3) is 0.0588. The molecule has 2 N–H and O–H groups in total. The molecular weight excluding hydrogens is 322 g/mol. The Morgan fingerprint density at radius 2 is 2.12 bits per heavy atom. The monoisotopic (exact) mass is 335 g/mol. The maximum atomic E-state index is 10.3. The number of fused-ring (bicyclic) bond motifs is 1. The van der Waals surface area contributed by atoms with E-state index in [0.29, 0.717) is 10.6 Å². The molecule has 24 heavy (non-hydrogen) atoms. The average molecular weight is 335 g/mol. The molecule has 0 bridgehead atoms. The van der Waals surface area contributed by atoms with E-state index in [1.54, 1.807) is 18.6 Å². The Kier molecular flexibility index (Phi) is 3.55. The lowest BCUT2D eigenvalue weighted by atomic mass is 10.2. The van der Waals surface area contributed by atoms with Gasteiger partial charge < -0.3 is 5.11 Å². The predicted octanol–water partition coefficient (Wildman–Crippen LogP) is 3.29. The zero-order valence-corrected chi connectivity index (χ0v) is 13.4. The largest absolute Gasteiger partial charge is 0.509 e. The van der Waals surface area contributed by atoms with Gasteiger partial charge in [-0.25, -0.2) is 9.99 Å². The minimum absolute atomic E-state index is 0.113. The highest BCUT2D eigenvalue weighted by molar-refractivity contribution is 7.19. The molecule has 0 aliphatic carbocycles. The quantitative estimate of drug-likeness (QED) is 0.719. The Bertz CT molecular complexity index is 944. The number of aliphatic hydroxyl groups excluding tert-OH is 1. The summed E-state index contributed by atoms with van der Waals surface area (Å²) in [6.07, 6.45) is 4.99. The summed E-state index contributed by atoms with van der Waals surface area (Å²) >= 11 is 1.46. The zero-order valence-electron chi connectivity index (χ0n) is 12.5. The van der Waals surface area contributed by atoms with Crippen molar-refractivity contribution in [2.75, 3.05) is 6.54 Å². The predicted molar refractivity (Wildman–Crippen MR) is 95.4 cm³/mol. The van der Waals surface area contributed by atoms with Crippen LogP contribution in [0.25, 0.3) is 15.8 Å². The van der Waals surface area contributed by atoms with Gasteiger partial charge in [0.15, 0.2) is 5.84 Å². The topological polar surface area (TPSA) is 85.5 Å². The third-order valence-corrected chi connectivity index (χ3v) is 4.68. The summed E-state index contributed by atoms with van der Waals surface area (Å²) in [5, 5.41) is 25.0.